The van der Waals surface area contributed by atoms with E-state index in [-0.39, 0.29) is 5.69 Å². The largest absolute Gasteiger partial charge is 0.441 e. The molecule has 0 aliphatic heterocycles. The number of fused-ring (bicyclic) bond motifs is 1. The molecule has 102 valence electrons. The van der Waals surface area contributed by atoms with Gasteiger partial charge in [-0.3, -0.25) is 14.8 Å². The van der Waals surface area contributed by atoms with E-state index in [0.717, 1.165) is 17.5 Å². The number of aryl methyl sites for hydroxylation is 2. The predicted octanol–water partition coefficient (Wildman–Crippen LogP) is 2.57. The van der Waals surface area contributed by atoms with Crippen LogP contribution in [0.15, 0.2) is 41.1 Å². The highest BCUT2D eigenvalue weighted by atomic mass is 16.6. The summed E-state index contributed by atoms with van der Waals surface area (Å²) in [5, 5.41) is 14.5. The monoisotopic (exact) mass is 272 g/mol. The number of oxazole rings is 1. The first-order valence-electron chi connectivity index (χ1n) is 6.24. The van der Waals surface area contributed by atoms with Crippen LogP contribution >= 0.6 is 0 Å². The maximum absolute atomic E-state index is 10.5. The van der Waals surface area contributed by atoms with E-state index in [2.05, 4.69) is 10.1 Å². The predicted molar refractivity (Wildman–Crippen MR) is 71.2 cm³/mol. The smallest absolute Gasteiger partial charge is 0.306 e. The summed E-state index contributed by atoms with van der Waals surface area (Å²) in [4.78, 5) is 14.5. The van der Waals surface area contributed by atoms with Gasteiger partial charge in [-0.25, -0.2) is 4.98 Å². The van der Waals surface area contributed by atoms with Crippen molar-refractivity contribution >= 4 is 16.8 Å². The van der Waals surface area contributed by atoms with E-state index in [0.29, 0.717) is 18.9 Å². The Morgan fingerprint density at radius 2 is 2.20 bits per heavy atom. The van der Waals surface area contributed by atoms with Gasteiger partial charge in [0.2, 0.25) is 0 Å². The molecule has 0 saturated heterocycles. The van der Waals surface area contributed by atoms with Crippen LogP contribution in [-0.2, 0) is 13.0 Å². The second-order valence-corrected chi connectivity index (χ2v) is 4.40. The van der Waals surface area contributed by atoms with Gasteiger partial charge in [0.15, 0.2) is 11.5 Å². The quantitative estimate of drug-likeness (QED) is 0.526. The molecule has 0 bridgehead atoms. The summed E-state index contributed by atoms with van der Waals surface area (Å²) >= 11 is 0. The topological polar surface area (TPSA) is 87.0 Å². The molecular weight excluding hydrogens is 260 g/mol. The molecule has 0 saturated carbocycles. The van der Waals surface area contributed by atoms with Gasteiger partial charge in [-0.15, -0.1) is 0 Å². The third kappa shape index (κ3) is 2.51. The summed E-state index contributed by atoms with van der Waals surface area (Å²) in [6.45, 7) is 0.590. The zero-order valence-electron chi connectivity index (χ0n) is 10.6. The van der Waals surface area contributed by atoms with Gasteiger partial charge >= 0.3 is 5.69 Å². The molecule has 0 spiro atoms. The first-order valence-corrected chi connectivity index (χ1v) is 6.24. The molecule has 0 radical (unpaired) electrons. The lowest BCUT2D eigenvalue weighted by Crippen LogP contribution is -2.00. The van der Waals surface area contributed by atoms with Crippen LogP contribution < -0.4 is 0 Å². The minimum Gasteiger partial charge on any atom is -0.441 e. The Balaban J connectivity index is 1.60. The van der Waals surface area contributed by atoms with E-state index in [1.807, 2.05) is 24.3 Å². The molecule has 3 rings (SSSR count). The molecule has 0 atom stereocenters. The highest BCUT2D eigenvalue weighted by Gasteiger charge is 2.09. The Hall–Kier alpha value is -2.70. The molecule has 2 aromatic heterocycles. The Morgan fingerprint density at radius 1 is 1.35 bits per heavy atom. The fourth-order valence-electron chi connectivity index (χ4n) is 1.99. The molecule has 0 fully saturated rings. The van der Waals surface area contributed by atoms with Crippen LogP contribution in [0, 0.1) is 10.1 Å². The molecule has 0 amide bonds. The zero-order chi connectivity index (χ0) is 13.9. The molecule has 1 aromatic carbocycles. The standard InChI is InChI=1S/C13H12N4O3/c18-17(19)10-8-14-16(9-10)7-3-6-13-15-11-4-1-2-5-12(11)20-13/h1-2,4-5,8-9H,3,6-7H2. The highest BCUT2D eigenvalue weighted by Crippen LogP contribution is 2.16. The fraction of sp³-hybridized carbons (Fsp3) is 0.231. The molecule has 2 heterocycles. The van der Waals surface area contributed by atoms with Crippen LogP contribution in [0.1, 0.15) is 12.3 Å². The third-order valence-corrected chi connectivity index (χ3v) is 2.95. The lowest BCUT2D eigenvalue weighted by atomic mass is 10.3. The number of nitrogens with zero attached hydrogens (tertiary/aromatic N) is 4. The van der Waals surface area contributed by atoms with Crippen molar-refractivity contribution in [1.29, 1.82) is 0 Å². The number of hydrogen-bond donors (Lipinski definition) is 0. The zero-order valence-corrected chi connectivity index (χ0v) is 10.6. The normalized spacial score (nSPS) is 11.0. The Kier molecular flexibility index (Phi) is 3.16. The van der Waals surface area contributed by atoms with Gasteiger partial charge in [0.1, 0.15) is 17.9 Å². The van der Waals surface area contributed by atoms with Crippen LogP contribution in [0.5, 0.6) is 0 Å². The van der Waals surface area contributed by atoms with Crippen molar-refractivity contribution in [1.82, 2.24) is 14.8 Å². The molecule has 7 heteroatoms. The minimum atomic E-state index is -0.454. The van der Waals surface area contributed by atoms with Gasteiger partial charge in [-0.05, 0) is 18.6 Å². The molecule has 0 N–H and O–H groups in total. The lowest BCUT2D eigenvalue weighted by molar-refractivity contribution is -0.385. The van der Waals surface area contributed by atoms with Gasteiger partial charge < -0.3 is 4.42 Å². The van der Waals surface area contributed by atoms with Gasteiger partial charge in [0.05, 0.1) is 4.92 Å². The number of benzene rings is 1. The van der Waals surface area contributed by atoms with Crippen LogP contribution in [0.4, 0.5) is 5.69 Å². The van der Waals surface area contributed by atoms with Crippen molar-refractivity contribution in [3.05, 3.63) is 52.7 Å². The Morgan fingerprint density at radius 3 is 2.95 bits per heavy atom. The Labute approximate surface area is 114 Å². The minimum absolute atomic E-state index is 0.00635. The molecule has 0 unspecified atom stereocenters. The van der Waals surface area contributed by atoms with E-state index >= 15 is 0 Å². The second kappa shape index (κ2) is 5.12. The van der Waals surface area contributed by atoms with E-state index < -0.39 is 4.92 Å². The van der Waals surface area contributed by atoms with Gasteiger partial charge in [0.25, 0.3) is 0 Å². The maximum atomic E-state index is 10.5. The lowest BCUT2D eigenvalue weighted by Gasteiger charge is -1.97. The summed E-state index contributed by atoms with van der Waals surface area (Å²) in [5.74, 6) is 0.674. The van der Waals surface area contributed by atoms with Crippen molar-refractivity contribution in [2.75, 3.05) is 0 Å². The number of aromatic nitrogens is 3. The summed E-state index contributed by atoms with van der Waals surface area (Å²) in [7, 11) is 0. The van der Waals surface area contributed by atoms with E-state index in [9.17, 15) is 10.1 Å². The van der Waals surface area contributed by atoms with E-state index in [4.69, 9.17) is 4.42 Å². The fourth-order valence-corrected chi connectivity index (χ4v) is 1.99. The molecule has 7 nitrogen and oxygen atoms in total. The molecule has 20 heavy (non-hydrogen) atoms. The molecule has 0 aliphatic rings. The first kappa shape index (κ1) is 12.3. The van der Waals surface area contributed by atoms with Crippen molar-refractivity contribution < 1.29 is 9.34 Å². The van der Waals surface area contributed by atoms with Crippen molar-refractivity contribution in [2.45, 2.75) is 19.4 Å². The van der Waals surface area contributed by atoms with Crippen LogP contribution in [-0.4, -0.2) is 19.7 Å². The summed E-state index contributed by atoms with van der Waals surface area (Å²) < 4.78 is 7.16. The van der Waals surface area contributed by atoms with Crippen LogP contribution in [0.3, 0.4) is 0 Å². The highest BCUT2D eigenvalue weighted by molar-refractivity contribution is 5.72. The summed E-state index contributed by atoms with van der Waals surface area (Å²) in [6, 6.07) is 7.60. The number of rotatable bonds is 5. The van der Waals surface area contributed by atoms with Crippen molar-refractivity contribution in [2.24, 2.45) is 0 Å². The van der Waals surface area contributed by atoms with Gasteiger partial charge in [-0.2, -0.15) is 5.10 Å². The average Bonchev–Trinajstić information content (AvgIpc) is 3.04. The van der Waals surface area contributed by atoms with E-state index in [1.54, 1.807) is 4.68 Å². The van der Waals surface area contributed by atoms with E-state index in [1.165, 1.54) is 12.4 Å². The maximum Gasteiger partial charge on any atom is 0.306 e. The van der Waals surface area contributed by atoms with Crippen LogP contribution in [0.25, 0.3) is 11.1 Å². The van der Waals surface area contributed by atoms with Gasteiger partial charge in [-0.1, -0.05) is 12.1 Å². The second-order valence-electron chi connectivity index (χ2n) is 4.40. The molecule has 0 aliphatic carbocycles. The average molecular weight is 272 g/mol. The first-order chi connectivity index (χ1) is 9.72. The summed E-state index contributed by atoms with van der Waals surface area (Å²) in [6.07, 6.45) is 4.10. The summed E-state index contributed by atoms with van der Waals surface area (Å²) in [5.41, 5.74) is 1.63. The van der Waals surface area contributed by atoms with Crippen LogP contribution in [0.2, 0.25) is 0 Å². The number of para-hydroxylation sites is 2. The van der Waals surface area contributed by atoms with Gasteiger partial charge in [0, 0.05) is 13.0 Å². The number of hydrogen-bond acceptors (Lipinski definition) is 5. The Bertz CT molecular complexity index is 714. The molecular formula is C13H12N4O3. The SMILES string of the molecule is O=[N+]([O-])c1cnn(CCCc2nc3ccccc3o2)c1. The molecule has 3 aromatic rings. The van der Waals surface area contributed by atoms with Crippen molar-refractivity contribution in [3.8, 4) is 0 Å². The third-order valence-electron chi connectivity index (χ3n) is 2.95. The van der Waals surface area contributed by atoms with Crippen molar-refractivity contribution in [3.63, 3.8) is 0 Å². The number of nitro groups is 1.